The minimum absolute atomic E-state index is 0.0754. The zero-order valence-electron chi connectivity index (χ0n) is 21.4. The van der Waals surface area contributed by atoms with E-state index in [-0.39, 0.29) is 11.5 Å². The van der Waals surface area contributed by atoms with E-state index >= 15 is 0 Å². The summed E-state index contributed by atoms with van der Waals surface area (Å²) in [5.74, 6) is 0.224. The van der Waals surface area contributed by atoms with E-state index in [1.165, 1.54) is 0 Å². The molecule has 0 saturated heterocycles. The summed E-state index contributed by atoms with van der Waals surface area (Å²) in [4.78, 5) is 27.7. The van der Waals surface area contributed by atoms with E-state index in [1.54, 1.807) is 0 Å². The van der Waals surface area contributed by atoms with Crippen molar-refractivity contribution in [2.45, 2.75) is 59.4 Å². The molecule has 0 N–H and O–H groups in total. The van der Waals surface area contributed by atoms with Crippen molar-refractivity contribution >= 4 is 18.1 Å². The molecule has 0 fully saturated rings. The molecule has 0 spiro atoms. The molecular weight excluding hydrogens is 432 g/mol. The number of unbranched alkanes of at least 4 members (excludes halogenated alkanes) is 2. The standard InChI is InChI=1S/C31H38N2O2/c1-4-32(5-2)30(34)20-14-8-13-19-29-28(22-21-26-15-9-6-10-16-26)25(3)23-33(31(29)35)24-27-17-11-7-12-18-27/h6-7,9-12,15-18,21-23H,4-5,8,13-14,19-20,24H2,1-3H3/b22-21+. The van der Waals surface area contributed by atoms with Crippen LogP contribution in [0.15, 0.2) is 71.7 Å². The predicted molar refractivity (Wildman–Crippen MR) is 146 cm³/mol. The van der Waals surface area contributed by atoms with Gasteiger partial charge in [0.1, 0.15) is 0 Å². The van der Waals surface area contributed by atoms with Gasteiger partial charge in [-0.25, -0.2) is 0 Å². The molecular formula is C31H38N2O2. The fourth-order valence-corrected chi connectivity index (χ4v) is 4.49. The molecule has 1 amide bonds. The van der Waals surface area contributed by atoms with E-state index in [4.69, 9.17) is 0 Å². The second-order valence-corrected chi connectivity index (χ2v) is 8.99. The Morgan fingerprint density at radius 1 is 0.886 bits per heavy atom. The average molecular weight is 471 g/mol. The Hall–Kier alpha value is -3.40. The van der Waals surface area contributed by atoms with E-state index in [9.17, 15) is 9.59 Å². The summed E-state index contributed by atoms with van der Waals surface area (Å²) in [7, 11) is 0. The number of pyridine rings is 1. The largest absolute Gasteiger partial charge is 0.343 e. The lowest BCUT2D eigenvalue weighted by atomic mass is 9.98. The lowest BCUT2D eigenvalue weighted by Gasteiger charge is -2.18. The van der Waals surface area contributed by atoms with Gasteiger partial charge in [-0.1, -0.05) is 79.2 Å². The number of carbonyl (C=O) groups is 1. The molecule has 0 aliphatic carbocycles. The van der Waals surface area contributed by atoms with E-state index < -0.39 is 0 Å². The van der Waals surface area contributed by atoms with Gasteiger partial charge in [0.15, 0.2) is 0 Å². The van der Waals surface area contributed by atoms with Gasteiger partial charge in [0.2, 0.25) is 5.91 Å². The van der Waals surface area contributed by atoms with Gasteiger partial charge >= 0.3 is 0 Å². The Morgan fingerprint density at radius 3 is 2.20 bits per heavy atom. The maximum Gasteiger partial charge on any atom is 0.254 e. The van der Waals surface area contributed by atoms with Crippen LogP contribution in [0, 0.1) is 6.92 Å². The predicted octanol–water partition coefficient (Wildman–Crippen LogP) is 6.35. The molecule has 4 nitrogen and oxygen atoms in total. The molecule has 35 heavy (non-hydrogen) atoms. The molecule has 2 aromatic carbocycles. The second kappa shape index (κ2) is 13.5. The van der Waals surface area contributed by atoms with Crippen molar-refractivity contribution in [3.63, 3.8) is 0 Å². The van der Waals surface area contributed by atoms with E-state index in [0.29, 0.717) is 19.4 Å². The minimum Gasteiger partial charge on any atom is -0.343 e. The number of aromatic nitrogens is 1. The van der Waals surface area contributed by atoms with Gasteiger partial charge < -0.3 is 9.47 Å². The van der Waals surface area contributed by atoms with Gasteiger partial charge in [0.05, 0.1) is 6.54 Å². The van der Waals surface area contributed by atoms with Gasteiger partial charge in [0.25, 0.3) is 5.56 Å². The van der Waals surface area contributed by atoms with Crippen molar-refractivity contribution in [1.29, 1.82) is 0 Å². The molecule has 1 heterocycles. The van der Waals surface area contributed by atoms with Crippen molar-refractivity contribution in [1.82, 2.24) is 9.47 Å². The highest BCUT2D eigenvalue weighted by Gasteiger charge is 2.13. The van der Waals surface area contributed by atoms with Gasteiger partial charge in [-0.05, 0) is 62.3 Å². The zero-order valence-corrected chi connectivity index (χ0v) is 21.4. The summed E-state index contributed by atoms with van der Waals surface area (Å²) in [5.41, 5.74) is 5.28. The lowest BCUT2D eigenvalue weighted by molar-refractivity contribution is -0.130. The van der Waals surface area contributed by atoms with E-state index in [1.807, 2.05) is 65.9 Å². The number of hydrogen-bond acceptors (Lipinski definition) is 2. The summed E-state index contributed by atoms with van der Waals surface area (Å²) in [6, 6.07) is 20.3. The highest BCUT2D eigenvalue weighted by molar-refractivity contribution is 5.76. The monoisotopic (exact) mass is 470 g/mol. The van der Waals surface area contributed by atoms with Crippen LogP contribution in [0.2, 0.25) is 0 Å². The van der Waals surface area contributed by atoms with Crippen LogP contribution in [0.5, 0.6) is 0 Å². The van der Waals surface area contributed by atoms with Crippen LogP contribution in [0.4, 0.5) is 0 Å². The summed E-state index contributed by atoms with van der Waals surface area (Å²) >= 11 is 0. The Morgan fingerprint density at radius 2 is 1.54 bits per heavy atom. The van der Waals surface area contributed by atoms with Crippen LogP contribution in [-0.2, 0) is 17.8 Å². The molecule has 0 unspecified atom stereocenters. The molecule has 4 heteroatoms. The number of amides is 1. The quantitative estimate of drug-likeness (QED) is 0.290. The highest BCUT2D eigenvalue weighted by atomic mass is 16.2. The van der Waals surface area contributed by atoms with Crippen LogP contribution in [-0.4, -0.2) is 28.5 Å². The third kappa shape index (κ3) is 7.54. The Labute approximate surface area is 209 Å². The highest BCUT2D eigenvalue weighted by Crippen LogP contribution is 2.19. The first-order valence-electron chi connectivity index (χ1n) is 12.8. The normalized spacial score (nSPS) is 11.2. The Balaban J connectivity index is 1.79. The first-order valence-corrected chi connectivity index (χ1v) is 12.8. The van der Waals surface area contributed by atoms with Crippen molar-refractivity contribution in [3.8, 4) is 0 Å². The second-order valence-electron chi connectivity index (χ2n) is 8.99. The van der Waals surface area contributed by atoms with Gasteiger partial charge in [-0.15, -0.1) is 0 Å². The third-order valence-electron chi connectivity index (χ3n) is 6.49. The molecule has 0 saturated carbocycles. The van der Waals surface area contributed by atoms with Gasteiger partial charge in [0, 0.05) is 31.3 Å². The van der Waals surface area contributed by atoms with Crippen molar-refractivity contribution < 1.29 is 4.79 Å². The molecule has 184 valence electrons. The molecule has 3 rings (SSSR count). The van der Waals surface area contributed by atoms with Gasteiger partial charge in [-0.3, -0.25) is 9.59 Å². The number of rotatable bonds is 12. The molecule has 3 aromatic rings. The number of carbonyl (C=O) groups excluding carboxylic acids is 1. The number of aryl methyl sites for hydroxylation is 1. The molecule has 0 atom stereocenters. The van der Waals surface area contributed by atoms with Gasteiger partial charge in [-0.2, -0.15) is 0 Å². The first kappa shape index (κ1) is 26.2. The van der Waals surface area contributed by atoms with Crippen LogP contribution >= 0.6 is 0 Å². The lowest BCUT2D eigenvalue weighted by Crippen LogP contribution is -2.30. The molecule has 0 aliphatic heterocycles. The maximum atomic E-state index is 13.6. The SMILES string of the molecule is CCN(CC)C(=O)CCCCCc1c(/C=C/c2ccccc2)c(C)cn(Cc2ccccc2)c1=O. The number of hydrogen-bond donors (Lipinski definition) is 0. The Kier molecular flexibility index (Phi) is 10.1. The average Bonchev–Trinajstić information content (AvgIpc) is 2.88. The summed E-state index contributed by atoms with van der Waals surface area (Å²) in [6.45, 7) is 8.20. The minimum atomic E-state index is 0.0754. The van der Waals surface area contributed by atoms with E-state index in [0.717, 1.165) is 60.2 Å². The fourth-order valence-electron chi connectivity index (χ4n) is 4.49. The van der Waals surface area contributed by atoms with E-state index in [2.05, 4.69) is 43.3 Å². The number of nitrogens with zero attached hydrogens (tertiary/aromatic N) is 2. The smallest absolute Gasteiger partial charge is 0.254 e. The summed E-state index contributed by atoms with van der Waals surface area (Å²) in [6.07, 6.45) is 10.1. The van der Waals surface area contributed by atoms with Crippen LogP contribution < -0.4 is 5.56 Å². The molecule has 0 bridgehead atoms. The van der Waals surface area contributed by atoms with Crippen molar-refractivity contribution in [2.24, 2.45) is 0 Å². The maximum absolute atomic E-state index is 13.6. The Bertz CT molecular complexity index is 1160. The number of benzene rings is 2. The zero-order chi connectivity index (χ0) is 25.0. The van der Waals surface area contributed by atoms with Crippen LogP contribution in [0.1, 0.15) is 67.3 Å². The summed E-state index contributed by atoms with van der Waals surface area (Å²) < 4.78 is 1.84. The third-order valence-corrected chi connectivity index (χ3v) is 6.49. The summed E-state index contributed by atoms with van der Waals surface area (Å²) in [5, 5.41) is 0. The first-order chi connectivity index (χ1) is 17.0. The van der Waals surface area contributed by atoms with Crippen molar-refractivity contribution in [2.75, 3.05) is 13.1 Å². The fraction of sp³-hybridized carbons (Fsp3) is 0.355. The van der Waals surface area contributed by atoms with Crippen LogP contribution in [0.25, 0.3) is 12.2 Å². The molecule has 1 aromatic heterocycles. The molecule has 0 aliphatic rings. The molecule has 0 radical (unpaired) electrons. The topological polar surface area (TPSA) is 42.3 Å². The van der Waals surface area contributed by atoms with Crippen LogP contribution in [0.3, 0.4) is 0 Å². The van der Waals surface area contributed by atoms with Crippen molar-refractivity contribution in [3.05, 3.63) is 105 Å².